The zero-order valence-corrected chi connectivity index (χ0v) is 17.7. The molecule has 0 bridgehead atoms. The number of nitrogens with one attached hydrogen (secondary N) is 1. The second-order valence-electron chi connectivity index (χ2n) is 7.43. The largest absolute Gasteiger partial charge is 0.496 e. The Morgan fingerprint density at radius 1 is 0.968 bits per heavy atom. The summed E-state index contributed by atoms with van der Waals surface area (Å²) in [5.41, 5.74) is 1.13. The van der Waals surface area contributed by atoms with Crippen molar-refractivity contribution in [3.8, 4) is 5.75 Å². The quantitative estimate of drug-likeness (QED) is 0.657. The van der Waals surface area contributed by atoms with Gasteiger partial charge in [0, 0.05) is 11.7 Å². The number of ether oxygens (including phenoxy) is 2. The van der Waals surface area contributed by atoms with E-state index in [4.69, 9.17) is 9.47 Å². The number of hydrogen-bond donors (Lipinski definition) is 1. The van der Waals surface area contributed by atoms with Crippen LogP contribution in [0.2, 0.25) is 0 Å². The van der Waals surface area contributed by atoms with Crippen molar-refractivity contribution in [1.82, 2.24) is 5.32 Å². The van der Waals surface area contributed by atoms with Crippen LogP contribution < -0.4 is 15.0 Å². The molecule has 7 nitrogen and oxygen atoms in total. The first-order valence-electron chi connectivity index (χ1n) is 10.5. The number of amides is 2. The number of carbonyl (C=O) groups is 3. The van der Waals surface area contributed by atoms with Crippen LogP contribution >= 0.6 is 0 Å². The highest BCUT2D eigenvalue weighted by Crippen LogP contribution is 2.27. The summed E-state index contributed by atoms with van der Waals surface area (Å²) in [5.74, 6) is -0.973. The van der Waals surface area contributed by atoms with Crippen molar-refractivity contribution in [2.24, 2.45) is 0 Å². The second-order valence-corrected chi connectivity index (χ2v) is 7.43. The maximum Gasteiger partial charge on any atom is 0.325 e. The maximum atomic E-state index is 12.9. The van der Waals surface area contributed by atoms with Gasteiger partial charge in [-0.1, -0.05) is 49.6 Å². The lowest BCUT2D eigenvalue weighted by Gasteiger charge is -2.34. The topological polar surface area (TPSA) is 84.9 Å². The van der Waals surface area contributed by atoms with Crippen LogP contribution in [0.1, 0.15) is 42.5 Å². The van der Waals surface area contributed by atoms with Gasteiger partial charge in [0.25, 0.3) is 11.8 Å². The number of hydrogen-bond acceptors (Lipinski definition) is 5. The van der Waals surface area contributed by atoms with E-state index >= 15 is 0 Å². The molecule has 1 N–H and O–H groups in total. The first-order chi connectivity index (χ1) is 15.1. The molecule has 7 heteroatoms. The fourth-order valence-corrected chi connectivity index (χ4v) is 3.83. The number of methoxy groups -OCH3 is 1. The SMILES string of the molecule is COc1ccccc1C(=O)NCC(=O)OCC(=O)N(c1ccccc1)C1CCCCC1. The fraction of sp³-hybridized carbons (Fsp3) is 0.375. The summed E-state index contributed by atoms with van der Waals surface area (Å²) in [7, 11) is 1.47. The van der Waals surface area contributed by atoms with Gasteiger partial charge >= 0.3 is 5.97 Å². The molecule has 0 atom stereocenters. The molecular weight excluding hydrogens is 396 g/mol. The van der Waals surface area contributed by atoms with E-state index in [1.54, 1.807) is 29.2 Å². The smallest absolute Gasteiger partial charge is 0.325 e. The first-order valence-corrected chi connectivity index (χ1v) is 10.5. The van der Waals surface area contributed by atoms with Gasteiger partial charge in [-0.15, -0.1) is 0 Å². The number of esters is 1. The molecule has 0 heterocycles. The molecule has 2 aromatic carbocycles. The van der Waals surface area contributed by atoms with Gasteiger partial charge in [-0.2, -0.15) is 0 Å². The average Bonchev–Trinajstić information content (AvgIpc) is 2.82. The third kappa shape index (κ3) is 6.07. The Labute approximate surface area is 182 Å². The summed E-state index contributed by atoms with van der Waals surface area (Å²) < 4.78 is 10.3. The van der Waals surface area contributed by atoms with Crippen molar-refractivity contribution >= 4 is 23.5 Å². The van der Waals surface area contributed by atoms with Gasteiger partial charge < -0.3 is 19.7 Å². The highest BCUT2D eigenvalue weighted by molar-refractivity contribution is 5.99. The van der Waals surface area contributed by atoms with Gasteiger partial charge in [0.15, 0.2) is 6.61 Å². The molecule has 0 unspecified atom stereocenters. The highest BCUT2D eigenvalue weighted by Gasteiger charge is 2.27. The van der Waals surface area contributed by atoms with Crippen molar-refractivity contribution in [2.45, 2.75) is 38.1 Å². The number of anilines is 1. The van der Waals surface area contributed by atoms with Crippen LogP contribution in [0.25, 0.3) is 0 Å². The van der Waals surface area contributed by atoms with Gasteiger partial charge in [-0.3, -0.25) is 14.4 Å². The van der Waals surface area contributed by atoms with Crippen molar-refractivity contribution in [2.75, 3.05) is 25.2 Å². The molecule has 0 spiro atoms. The molecule has 1 aliphatic rings. The standard InChI is InChI=1S/C24H28N2O5/c1-30-21-15-9-8-14-20(21)24(29)25-16-23(28)31-17-22(27)26(18-10-4-2-5-11-18)19-12-6-3-7-13-19/h2,4-5,8-11,14-15,19H,3,6-7,12-13,16-17H2,1H3,(H,25,29). The zero-order valence-electron chi connectivity index (χ0n) is 17.7. The summed E-state index contributed by atoms with van der Waals surface area (Å²) >= 11 is 0. The van der Waals surface area contributed by atoms with E-state index in [1.165, 1.54) is 13.5 Å². The van der Waals surface area contributed by atoms with Gasteiger partial charge in [0.1, 0.15) is 12.3 Å². The van der Waals surface area contributed by atoms with Crippen molar-refractivity contribution < 1.29 is 23.9 Å². The lowest BCUT2D eigenvalue weighted by Crippen LogP contribution is -2.44. The van der Waals surface area contributed by atoms with Crippen LogP contribution in [0.4, 0.5) is 5.69 Å². The minimum atomic E-state index is -0.673. The molecule has 0 radical (unpaired) electrons. The van der Waals surface area contributed by atoms with E-state index in [2.05, 4.69) is 5.32 Å². The van der Waals surface area contributed by atoms with Gasteiger partial charge in [0.2, 0.25) is 0 Å². The number of para-hydroxylation sites is 2. The van der Waals surface area contributed by atoms with E-state index in [9.17, 15) is 14.4 Å². The summed E-state index contributed by atoms with van der Waals surface area (Å²) in [5, 5.41) is 2.50. The predicted octanol–water partition coefficient (Wildman–Crippen LogP) is 3.33. The summed E-state index contributed by atoms with van der Waals surface area (Å²) in [6.07, 6.45) is 5.20. The van der Waals surface area contributed by atoms with Crippen LogP contribution in [0.3, 0.4) is 0 Å². The molecular formula is C24H28N2O5. The number of benzene rings is 2. The Bertz CT molecular complexity index is 894. The Morgan fingerprint density at radius 2 is 1.65 bits per heavy atom. The maximum absolute atomic E-state index is 12.9. The first kappa shape index (κ1) is 22.3. The fourth-order valence-electron chi connectivity index (χ4n) is 3.83. The van der Waals surface area contributed by atoms with Gasteiger partial charge in [0.05, 0.1) is 12.7 Å². The summed E-state index contributed by atoms with van der Waals surface area (Å²) in [4.78, 5) is 39.1. The van der Waals surface area contributed by atoms with Crippen molar-refractivity contribution in [3.05, 3.63) is 60.2 Å². The predicted molar refractivity (Wildman–Crippen MR) is 117 cm³/mol. The molecule has 0 saturated heterocycles. The van der Waals surface area contributed by atoms with Crippen LogP contribution in [0.15, 0.2) is 54.6 Å². The van der Waals surface area contributed by atoms with E-state index in [0.717, 1.165) is 31.4 Å². The molecule has 0 aliphatic heterocycles. The molecule has 2 amide bonds. The Hall–Kier alpha value is -3.35. The minimum absolute atomic E-state index is 0.104. The number of nitrogens with zero attached hydrogens (tertiary/aromatic N) is 1. The van der Waals surface area contributed by atoms with Crippen LogP contribution in [0.5, 0.6) is 5.75 Å². The van der Waals surface area contributed by atoms with Crippen LogP contribution in [-0.2, 0) is 14.3 Å². The van der Waals surface area contributed by atoms with E-state index in [1.807, 2.05) is 30.3 Å². The van der Waals surface area contributed by atoms with Gasteiger partial charge in [-0.05, 0) is 37.1 Å². The minimum Gasteiger partial charge on any atom is -0.496 e. The van der Waals surface area contributed by atoms with E-state index < -0.39 is 11.9 Å². The normalized spacial score (nSPS) is 13.8. The van der Waals surface area contributed by atoms with Gasteiger partial charge in [-0.25, -0.2) is 0 Å². The zero-order chi connectivity index (χ0) is 22.1. The number of rotatable bonds is 8. The molecule has 3 rings (SSSR count). The van der Waals surface area contributed by atoms with Crippen LogP contribution in [0, 0.1) is 0 Å². The van der Waals surface area contributed by atoms with Crippen molar-refractivity contribution in [3.63, 3.8) is 0 Å². The molecule has 2 aromatic rings. The molecule has 1 saturated carbocycles. The third-order valence-corrected chi connectivity index (χ3v) is 5.34. The van der Waals surface area contributed by atoms with Crippen molar-refractivity contribution in [1.29, 1.82) is 0 Å². The third-order valence-electron chi connectivity index (χ3n) is 5.34. The highest BCUT2D eigenvalue weighted by atomic mass is 16.5. The second kappa shape index (κ2) is 11.2. The molecule has 0 aromatic heterocycles. The van der Waals surface area contributed by atoms with E-state index in [-0.39, 0.29) is 25.1 Å². The molecule has 164 valence electrons. The lowest BCUT2D eigenvalue weighted by atomic mass is 9.93. The molecule has 1 fully saturated rings. The lowest BCUT2D eigenvalue weighted by molar-refractivity contribution is -0.146. The monoisotopic (exact) mass is 424 g/mol. The Balaban J connectivity index is 1.55. The Morgan fingerprint density at radius 3 is 2.35 bits per heavy atom. The average molecular weight is 424 g/mol. The molecule has 1 aliphatic carbocycles. The molecule has 31 heavy (non-hydrogen) atoms. The van der Waals surface area contributed by atoms with E-state index in [0.29, 0.717) is 11.3 Å². The van der Waals surface area contributed by atoms with Crippen LogP contribution in [-0.4, -0.2) is 44.1 Å². The Kier molecular flexibility index (Phi) is 8.04. The summed E-state index contributed by atoms with van der Waals surface area (Å²) in [6, 6.07) is 16.3. The summed E-state index contributed by atoms with van der Waals surface area (Å²) in [6.45, 7) is -0.701. The number of carbonyl (C=O) groups excluding carboxylic acids is 3.